The van der Waals surface area contributed by atoms with Crippen LogP contribution < -0.4 is 10.2 Å². The lowest BCUT2D eigenvalue weighted by Crippen LogP contribution is -2.38. The normalized spacial score (nSPS) is 11.8. The second-order valence-electron chi connectivity index (χ2n) is 5.45. The van der Waals surface area contributed by atoms with Crippen LogP contribution in [0, 0.1) is 12.8 Å². The number of rotatable bonds is 7. The van der Waals surface area contributed by atoms with Gasteiger partial charge in [0.2, 0.25) is 0 Å². The maximum Gasteiger partial charge on any atom is 0.321 e. The molecule has 0 aromatic heterocycles. The topological polar surface area (TPSA) is 69.6 Å². The van der Waals surface area contributed by atoms with Gasteiger partial charge in [-0.15, -0.1) is 0 Å². The van der Waals surface area contributed by atoms with Gasteiger partial charge >= 0.3 is 12.0 Å². The highest BCUT2D eigenvalue weighted by atomic mass is 16.4. The molecule has 1 rings (SSSR count). The van der Waals surface area contributed by atoms with E-state index in [0.717, 1.165) is 17.7 Å². The van der Waals surface area contributed by atoms with E-state index in [1.807, 2.05) is 38.1 Å². The number of carbonyl (C=O) groups is 2. The Hall–Kier alpha value is -2.04. The van der Waals surface area contributed by atoms with Crippen LogP contribution in [0.4, 0.5) is 10.5 Å². The van der Waals surface area contributed by atoms with Crippen molar-refractivity contribution in [3.63, 3.8) is 0 Å². The smallest absolute Gasteiger partial charge is 0.321 e. The predicted molar refractivity (Wildman–Crippen MR) is 83.6 cm³/mol. The van der Waals surface area contributed by atoms with E-state index in [2.05, 4.69) is 5.32 Å². The SMILES string of the molecule is Cc1ccc(N(C)C(=O)NCCC(C)CCC(=O)O)cc1. The summed E-state index contributed by atoms with van der Waals surface area (Å²) in [6.07, 6.45) is 1.60. The molecule has 0 aliphatic rings. The molecule has 2 amide bonds. The second kappa shape index (κ2) is 8.29. The van der Waals surface area contributed by atoms with Crippen LogP contribution in [0.3, 0.4) is 0 Å². The Labute approximate surface area is 126 Å². The average Bonchev–Trinajstić information content (AvgIpc) is 2.45. The van der Waals surface area contributed by atoms with Gasteiger partial charge in [0, 0.05) is 25.7 Å². The van der Waals surface area contributed by atoms with Gasteiger partial charge in [0.25, 0.3) is 0 Å². The zero-order valence-corrected chi connectivity index (χ0v) is 12.9. The molecule has 1 aromatic rings. The molecule has 0 spiro atoms. The molecule has 5 nitrogen and oxygen atoms in total. The quantitative estimate of drug-likeness (QED) is 0.811. The number of benzene rings is 1. The van der Waals surface area contributed by atoms with Crippen molar-refractivity contribution in [2.24, 2.45) is 5.92 Å². The zero-order chi connectivity index (χ0) is 15.8. The number of hydrogen-bond acceptors (Lipinski definition) is 2. The fraction of sp³-hybridized carbons (Fsp3) is 0.500. The first-order valence-corrected chi connectivity index (χ1v) is 7.20. The van der Waals surface area contributed by atoms with E-state index in [1.54, 1.807) is 11.9 Å². The third-order valence-corrected chi connectivity index (χ3v) is 3.49. The first-order chi connectivity index (χ1) is 9.90. The molecule has 0 saturated heterocycles. The molecule has 1 aromatic carbocycles. The van der Waals surface area contributed by atoms with Gasteiger partial charge < -0.3 is 10.4 Å². The maximum absolute atomic E-state index is 12.0. The lowest BCUT2D eigenvalue weighted by molar-refractivity contribution is -0.137. The molecule has 2 N–H and O–H groups in total. The number of aliphatic carboxylic acids is 1. The minimum Gasteiger partial charge on any atom is -0.481 e. The molecule has 0 aliphatic heterocycles. The molecule has 0 bridgehead atoms. The number of anilines is 1. The van der Waals surface area contributed by atoms with Gasteiger partial charge in [-0.1, -0.05) is 24.6 Å². The van der Waals surface area contributed by atoms with Crippen LogP contribution in [-0.4, -0.2) is 30.7 Å². The van der Waals surface area contributed by atoms with Gasteiger partial charge in [-0.3, -0.25) is 9.69 Å². The predicted octanol–water partition coefficient (Wildman–Crippen LogP) is 3.03. The van der Waals surface area contributed by atoms with Crippen LogP contribution in [0.1, 0.15) is 31.7 Å². The summed E-state index contributed by atoms with van der Waals surface area (Å²) in [4.78, 5) is 24.0. The fourth-order valence-electron chi connectivity index (χ4n) is 1.94. The molecule has 0 aliphatic carbocycles. The Morgan fingerprint density at radius 3 is 2.43 bits per heavy atom. The Morgan fingerprint density at radius 1 is 1.24 bits per heavy atom. The van der Waals surface area contributed by atoms with Crippen molar-refractivity contribution >= 4 is 17.7 Å². The molecule has 0 radical (unpaired) electrons. The number of nitrogens with one attached hydrogen (secondary N) is 1. The third-order valence-electron chi connectivity index (χ3n) is 3.49. The Kier molecular flexibility index (Phi) is 6.72. The third kappa shape index (κ3) is 6.29. The number of carbonyl (C=O) groups excluding carboxylic acids is 1. The Bertz CT molecular complexity index is 471. The molecule has 21 heavy (non-hydrogen) atoms. The average molecular weight is 292 g/mol. The van der Waals surface area contributed by atoms with Crippen molar-refractivity contribution in [1.82, 2.24) is 5.32 Å². The van der Waals surface area contributed by atoms with Crippen LogP contribution in [0.25, 0.3) is 0 Å². The summed E-state index contributed by atoms with van der Waals surface area (Å²) in [6, 6.07) is 7.60. The van der Waals surface area contributed by atoms with Crippen LogP contribution in [-0.2, 0) is 4.79 Å². The summed E-state index contributed by atoms with van der Waals surface area (Å²) in [5.41, 5.74) is 2.00. The second-order valence-corrected chi connectivity index (χ2v) is 5.45. The largest absolute Gasteiger partial charge is 0.481 e. The van der Waals surface area contributed by atoms with Gasteiger partial charge in [-0.05, 0) is 37.8 Å². The number of carboxylic acids is 1. The van der Waals surface area contributed by atoms with Crippen molar-refractivity contribution < 1.29 is 14.7 Å². The molecule has 1 atom stereocenters. The Balaban J connectivity index is 2.33. The molecule has 5 heteroatoms. The number of hydrogen-bond donors (Lipinski definition) is 2. The summed E-state index contributed by atoms with van der Waals surface area (Å²) < 4.78 is 0. The number of aryl methyl sites for hydroxylation is 1. The first-order valence-electron chi connectivity index (χ1n) is 7.20. The molecule has 1 unspecified atom stereocenters. The van der Waals surface area contributed by atoms with Crippen molar-refractivity contribution in [2.45, 2.75) is 33.1 Å². The summed E-state index contributed by atoms with van der Waals surface area (Å²) >= 11 is 0. The van der Waals surface area contributed by atoms with Gasteiger partial charge in [0.05, 0.1) is 0 Å². The first kappa shape index (κ1) is 17.0. The molecule has 0 fully saturated rings. The van der Waals surface area contributed by atoms with Crippen LogP contribution in [0.15, 0.2) is 24.3 Å². The van der Waals surface area contributed by atoms with E-state index in [1.165, 1.54) is 0 Å². The van der Waals surface area contributed by atoms with E-state index in [4.69, 9.17) is 5.11 Å². The van der Waals surface area contributed by atoms with Gasteiger partial charge in [0.1, 0.15) is 0 Å². The number of carboxylic acid groups (broad SMARTS) is 1. The summed E-state index contributed by atoms with van der Waals surface area (Å²) in [5, 5.41) is 11.5. The van der Waals surface area contributed by atoms with Crippen molar-refractivity contribution in [2.75, 3.05) is 18.5 Å². The Morgan fingerprint density at radius 2 is 1.86 bits per heavy atom. The van der Waals surface area contributed by atoms with Crippen molar-refractivity contribution in [1.29, 1.82) is 0 Å². The fourth-order valence-corrected chi connectivity index (χ4v) is 1.94. The van der Waals surface area contributed by atoms with E-state index in [9.17, 15) is 9.59 Å². The molecular weight excluding hydrogens is 268 g/mol. The summed E-state index contributed by atoms with van der Waals surface area (Å²) in [7, 11) is 1.73. The molecule has 116 valence electrons. The van der Waals surface area contributed by atoms with Crippen LogP contribution in [0.5, 0.6) is 0 Å². The van der Waals surface area contributed by atoms with E-state index in [0.29, 0.717) is 13.0 Å². The minimum absolute atomic E-state index is 0.149. The monoisotopic (exact) mass is 292 g/mol. The maximum atomic E-state index is 12.0. The number of urea groups is 1. The zero-order valence-electron chi connectivity index (χ0n) is 12.9. The molecule has 0 saturated carbocycles. The summed E-state index contributed by atoms with van der Waals surface area (Å²) in [5.74, 6) is -0.490. The standard InChI is InChI=1S/C16H24N2O3/c1-12-4-7-14(8-5-12)18(3)16(21)17-11-10-13(2)6-9-15(19)20/h4-5,7-8,13H,6,9-11H2,1-3H3,(H,17,21)(H,19,20). The van der Waals surface area contributed by atoms with Crippen molar-refractivity contribution in [3.8, 4) is 0 Å². The molecule has 0 heterocycles. The molecular formula is C16H24N2O3. The number of amides is 2. The van der Waals surface area contributed by atoms with Gasteiger partial charge in [-0.2, -0.15) is 0 Å². The number of nitrogens with zero attached hydrogens (tertiary/aromatic N) is 1. The van der Waals surface area contributed by atoms with Gasteiger partial charge in [0.15, 0.2) is 0 Å². The lowest BCUT2D eigenvalue weighted by Gasteiger charge is -2.19. The minimum atomic E-state index is -0.773. The summed E-state index contributed by atoms with van der Waals surface area (Å²) in [6.45, 7) is 4.55. The van der Waals surface area contributed by atoms with E-state index in [-0.39, 0.29) is 18.4 Å². The highest BCUT2D eigenvalue weighted by molar-refractivity contribution is 5.91. The van der Waals surface area contributed by atoms with Crippen molar-refractivity contribution in [3.05, 3.63) is 29.8 Å². The van der Waals surface area contributed by atoms with Gasteiger partial charge in [-0.25, -0.2) is 4.79 Å². The van der Waals surface area contributed by atoms with E-state index >= 15 is 0 Å². The van der Waals surface area contributed by atoms with Crippen LogP contribution >= 0.6 is 0 Å². The lowest BCUT2D eigenvalue weighted by atomic mass is 10.0. The highest BCUT2D eigenvalue weighted by Gasteiger charge is 2.11. The van der Waals surface area contributed by atoms with Crippen LogP contribution in [0.2, 0.25) is 0 Å². The highest BCUT2D eigenvalue weighted by Crippen LogP contribution is 2.13. The van der Waals surface area contributed by atoms with E-state index < -0.39 is 5.97 Å².